The minimum Gasteiger partial charge on any atom is -0.300 e. The minimum atomic E-state index is 0.167. The van der Waals surface area contributed by atoms with Crippen molar-refractivity contribution in [2.45, 2.75) is 13.8 Å². The molecule has 0 rings (SSSR count). The van der Waals surface area contributed by atoms with Gasteiger partial charge in [0, 0.05) is 6.08 Å². The Labute approximate surface area is 49.4 Å². The maximum absolute atomic E-state index is 9.44. The summed E-state index contributed by atoms with van der Waals surface area (Å²) in [7, 11) is 0. The van der Waals surface area contributed by atoms with Gasteiger partial charge in [0.15, 0.2) is 0 Å². The van der Waals surface area contributed by atoms with E-state index in [1.165, 1.54) is 19.9 Å². The van der Waals surface area contributed by atoms with Crippen LogP contribution in [0.25, 0.3) is 0 Å². The smallest absolute Gasteiger partial charge is 0.126 e. The van der Waals surface area contributed by atoms with Crippen molar-refractivity contribution < 1.29 is 4.79 Å². The number of rotatable bonds is 0. The van der Waals surface area contributed by atoms with Crippen LogP contribution in [-0.4, -0.2) is 5.78 Å². The lowest BCUT2D eigenvalue weighted by Crippen LogP contribution is -1.69. The zero-order chi connectivity index (χ0) is 6.99. The summed E-state index contributed by atoms with van der Waals surface area (Å²) in [5, 5.41) is 7.51. The molecule has 0 bridgehead atoms. The maximum atomic E-state index is 9.44. The van der Waals surface area contributed by atoms with Gasteiger partial charge in [-0.25, -0.2) is 0 Å². The van der Waals surface area contributed by atoms with Crippen LogP contribution in [0, 0.1) is 11.3 Å². The summed E-state index contributed by atoms with van der Waals surface area (Å²) in [6.07, 6.45) is 1.18. The highest BCUT2D eigenvalue weighted by Gasteiger charge is 1.62. The van der Waals surface area contributed by atoms with Crippen LogP contribution in [0.1, 0.15) is 13.8 Å². The summed E-state index contributed by atoms with van der Waals surface area (Å²) >= 11 is 0. The summed E-state index contributed by atoms with van der Waals surface area (Å²) in [4.78, 5) is 9.44. The molecule has 0 radical (unpaired) electrons. The van der Waals surface area contributed by atoms with Crippen LogP contribution in [-0.2, 0) is 4.79 Å². The number of Topliss-reactive ketones (excluding diaryl/α,β-unsaturated/α-hetero) is 1. The number of nitrogens with zero attached hydrogens (tertiary/aromatic N) is 1. The van der Waals surface area contributed by atoms with E-state index in [-0.39, 0.29) is 5.78 Å². The Balaban J connectivity index is 0. The van der Waals surface area contributed by atoms with E-state index in [4.69, 9.17) is 5.26 Å². The third-order valence-electron chi connectivity index (χ3n) is 0.0913. The quantitative estimate of drug-likeness (QED) is 0.442. The van der Waals surface area contributed by atoms with Crippen molar-refractivity contribution in [3.05, 3.63) is 12.7 Å². The number of carbonyl (C=O) groups is 1. The number of carbonyl (C=O) groups excluding carboxylic acids is 1. The predicted octanol–water partition coefficient (Wildman–Crippen LogP) is 1.29. The first-order valence-electron chi connectivity index (χ1n) is 2.12. The molecular weight excluding hydrogens is 102 g/mol. The number of hydrogen-bond acceptors (Lipinski definition) is 2. The fourth-order valence-electron chi connectivity index (χ4n) is 0. The van der Waals surface area contributed by atoms with E-state index in [0.717, 1.165) is 0 Å². The molecule has 0 N–H and O–H groups in total. The molecule has 2 heteroatoms. The number of hydrogen-bond donors (Lipinski definition) is 0. The lowest BCUT2D eigenvalue weighted by molar-refractivity contribution is -0.114. The van der Waals surface area contributed by atoms with Gasteiger partial charge in [0.05, 0.1) is 6.07 Å². The van der Waals surface area contributed by atoms with Gasteiger partial charge in [-0.1, -0.05) is 6.58 Å². The lowest BCUT2D eigenvalue weighted by atomic mass is 10.6. The zero-order valence-corrected chi connectivity index (χ0v) is 5.14. The van der Waals surface area contributed by atoms with E-state index in [0.29, 0.717) is 0 Å². The van der Waals surface area contributed by atoms with E-state index in [1.54, 1.807) is 6.07 Å². The van der Waals surface area contributed by atoms with Gasteiger partial charge >= 0.3 is 0 Å². The van der Waals surface area contributed by atoms with E-state index < -0.39 is 0 Å². The average molecular weight is 111 g/mol. The second-order valence-corrected chi connectivity index (χ2v) is 1.24. The number of allylic oxidation sites excluding steroid dienone is 1. The third kappa shape index (κ3) is 7450. The van der Waals surface area contributed by atoms with Crippen LogP contribution < -0.4 is 0 Å². The monoisotopic (exact) mass is 111 g/mol. The van der Waals surface area contributed by atoms with Crippen LogP contribution in [0.15, 0.2) is 12.7 Å². The van der Waals surface area contributed by atoms with Crippen LogP contribution in [0.2, 0.25) is 0 Å². The Bertz CT molecular complexity index is 106. The molecule has 0 aromatic heterocycles. The summed E-state index contributed by atoms with van der Waals surface area (Å²) in [5.41, 5.74) is 0. The van der Waals surface area contributed by atoms with Gasteiger partial charge < -0.3 is 4.79 Å². The predicted molar refractivity (Wildman–Crippen MR) is 32.2 cm³/mol. The van der Waals surface area contributed by atoms with Crippen molar-refractivity contribution in [1.82, 2.24) is 0 Å². The van der Waals surface area contributed by atoms with Gasteiger partial charge in [-0.2, -0.15) is 5.26 Å². The van der Waals surface area contributed by atoms with Crippen molar-refractivity contribution in [2.75, 3.05) is 0 Å². The van der Waals surface area contributed by atoms with Gasteiger partial charge in [-0.3, -0.25) is 0 Å². The van der Waals surface area contributed by atoms with Crippen LogP contribution in [0.3, 0.4) is 0 Å². The largest absolute Gasteiger partial charge is 0.300 e. The average Bonchev–Trinajstić information content (AvgIpc) is 1.65. The second-order valence-electron chi connectivity index (χ2n) is 1.24. The van der Waals surface area contributed by atoms with Gasteiger partial charge in [0.1, 0.15) is 5.78 Å². The Morgan fingerprint density at radius 1 is 1.75 bits per heavy atom. The topological polar surface area (TPSA) is 40.9 Å². The minimum absolute atomic E-state index is 0.167. The molecular formula is C6H9NO. The highest BCUT2D eigenvalue weighted by Crippen LogP contribution is 1.50. The maximum Gasteiger partial charge on any atom is 0.126 e. The molecule has 0 aliphatic heterocycles. The Morgan fingerprint density at radius 3 is 1.88 bits per heavy atom. The van der Waals surface area contributed by atoms with Gasteiger partial charge in [-0.05, 0) is 13.8 Å². The van der Waals surface area contributed by atoms with Crippen molar-refractivity contribution >= 4 is 5.78 Å². The molecule has 44 valence electrons. The number of ketones is 1. The molecule has 0 aromatic carbocycles. The molecule has 0 aliphatic rings. The van der Waals surface area contributed by atoms with Crippen LogP contribution >= 0.6 is 0 Å². The summed E-state index contributed by atoms with van der Waals surface area (Å²) in [5.74, 6) is 0.167. The Morgan fingerprint density at radius 2 is 1.88 bits per heavy atom. The summed E-state index contributed by atoms with van der Waals surface area (Å²) in [6, 6.07) is 1.69. The standard InChI is InChI=1S/C3H3N.C3H6O/c1-2-3-4;1-3(2)4/h2H,1H2;1-2H3. The third-order valence-corrected chi connectivity index (χ3v) is 0.0913. The summed E-state index contributed by atoms with van der Waals surface area (Å²) in [6.45, 7) is 6.17. The van der Waals surface area contributed by atoms with Gasteiger partial charge in [0.2, 0.25) is 0 Å². The molecule has 0 spiro atoms. The summed E-state index contributed by atoms with van der Waals surface area (Å²) < 4.78 is 0. The fourth-order valence-corrected chi connectivity index (χ4v) is 0. The molecule has 0 fully saturated rings. The van der Waals surface area contributed by atoms with E-state index in [9.17, 15) is 4.79 Å². The van der Waals surface area contributed by atoms with E-state index in [1.807, 2.05) is 0 Å². The van der Waals surface area contributed by atoms with Crippen molar-refractivity contribution in [1.29, 1.82) is 5.26 Å². The first-order valence-corrected chi connectivity index (χ1v) is 2.12. The number of nitriles is 1. The molecule has 0 unspecified atom stereocenters. The zero-order valence-electron chi connectivity index (χ0n) is 5.14. The lowest BCUT2D eigenvalue weighted by Gasteiger charge is -1.56. The highest BCUT2D eigenvalue weighted by atomic mass is 16.1. The van der Waals surface area contributed by atoms with Crippen molar-refractivity contribution in [2.24, 2.45) is 0 Å². The molecule has 0 amide bonds. The van der Waals surface area contributed by atoms with Crippen molar-refractivity contribution in [3.63, 3.8) is 0 Å². The SMILES string of the molecule is C=CC#N.CC(C)=O. The molecule has 0 atom stereocenters. The molecule has 0 saturated carbocycles. The van der Waals surface area contributed by atoms with Crippen LogP contribution in [0.5, 0.6) is 0 Å². The van der Waals surface area contributed by atoms with Gasteiger partial charge in [-0.15, -0.1) is 0 Å². The molecule has 2 nitrogen and oxygen atoms in total. The fraction of sp³-hybridized carbons (Fsp3) is 0.333. The Hall–Kier alpha value is -1.10. The Kier molecular flexibility index (Phi) is 11.6. The molecule has 0 aliphatic carbocycles. The van der Waals surface area contributed by atoms with E-state index in [2.05, 4.69) is 6.58 Å². The molecule has 0 aromatic rings. The second kappa shape index (κ2) is 9.31. The van der Waals surface area contributed by atoms with E-state index >= 15 is 0 Å². The molecule has 0 heterocycles. The van der Waals surface area contributed by atoms with Crippen LogP contribution in [0.4, 0.5) is 0 Å². The van der Waals surface area contributed by atoms with Gasteiger partial charge in [0.25, 0.3) is 0 Å². The van der Waals surface area contributed by atoms with Crippen molar-refractivity contribution in [3.8, 4) is 6.07 Å². The first-order chi connectivity index (χ1) is 3.65. The normalized spacial score (nSPS) is 5.12. The highest BCUT2D eigenvalue weighted by molar-refractivity contribution is 5.72. The molecule has 0 saturated heterocycles. The first kappa shape index (κ1) is 10.0. The molecule has 8 heavy (non-hydrogen) atoms.